The molecule has 0 radical (unpaired) electrons. The molecule has 2 aliphatic heterocycles. The number of pyridine rings is 2. The van der Waals surface area contributed by atoms with Crippen molar-refractivity contribution in [1.82, 2.24) is 34.7 Å². The summed E-state index contributed by atoms with van der Waals surface area (Å²) in [5, 5.41) is 4.89. The van der Waals surface area contributed by atoms with E-state index in [0.29, 0.717) is 53.4 Å². The Kier molecular flexibility index (Phi) is 6.53. The van der Waals surface area contributed by atoms with E-state index in [1.165, 1.54) is 6.07 Å². The average Bonchev–Trinajstić information content (AvgIpc) is 3.70. The fraction of sp³-hybridized carbons (Fsp3) is 0.387. The number of hydrogen-bond acceptors (Lipinski definition) is 7. The number of nitrogens with zero attached hydrogens (tertiary/aromatic N) is 7. The number of rotatable bonds is 4. The molecule has 1 N–H and O–H groups in total. The van der Waals surface area contributed by atoms with Gasteiger partial charge in [-0.1, -0.05) is 11.6 Å². The second-order valence-corrected chi connectivity index (χ2v) is 12.5. The number of aromatic amines is 1. The van der Waals surface area contributed by atoms with Crippen LogP contribution >= 0.6 is 11.6 Å². The molecule has 2 aliphatic rings. The minimum Gasteiger partial charge on any atom is -0.359 e. The second-order valence-electron chi connectivity index (χ2n) is 12.1. The van der Waals surface area contributed by atoms with E-state index in [1.807, 2.05) is 32.2 Å². The minimum atomic E-state index is -4.42. The average molecular weight is 623 g/mol. The third-order valence-corrected chi connectivity index (χ3v) is 9.29. The van der Waals surface area contributed by atoms with Crippen molar-refractivity contribution in [2.45, 2.75) is 56.9 Å². The summed E-state index contributed by atoms with van der Waals surface area (Å²) >= 11 is 6.58. The number of benzene rings is 1. The highest BCUT2D eigenvalue weighted by Gasteiger charge is 2.54. The van der Waals surface area contributed by atoms with Gasteiger partial charge in [0, 0.05) is 37.5 Å². The number of fused-ring (bicyclic) bond motifs is 3. The molecule has 4 aromatic heterocycles. The zero-order chi connectivity index (χ0) is 31.0. The van der Waals surface area contributed by atoms with Crippen LogP contribution < -0.4 is 4.90 Å². The van der Waals surface area contributed by atoms with Gasteiger partial charge in [0.05, 0.1) is 44.5 Å². The number of aryl methyl sites for hydroxylation is 2. The first-order valence-corrected chi connectivity index (χ1v) is 14.7. The molecule has 0 amide bonds. The topological polar surface area (TPSA) is 97.6 Å². The van der Waals surface area contributed by atoms with Crippen molar-refractivity contribution in [3.63, 3.8) is 0 Å². The predicted octanol–water partition coefficient (Wildman–Crippen LogP) is 6.67. The number of alkyl halides is 3. The SMILES string of the molecule is Cc1nc2c(cc1Cl)C(C(C)(C)c1ncnn1C)OC21CCN(c2ccc(-c3nc4ccc(C(F)(F)F)cc4[nH]3)cn2)CC1. The van der Waals surface area contributed by atoms with Gasteiger partial charge in [-0.3, -0.25) is 9.67 Å². The highest BCUT2D eigenvalue weighted by atomic mass is 35.5. The van der Waals surface area contributed by atoms with Crippen molar-refractivity contribution in [3.8, 4) is 11.4 Å². The Hall–Kier alpha value is -4.03. The minimum absolute atomic E-state index is 0.314. The molecule has 1 aromatic carbocycles. The van der Waals surface area contributed by atoms with Gasteiger partial charge < -0.3 is 14.6 Å². The van der Waals surface area contributed by atoms with Crippen LogP contribution in [0.4, 0.5) is 19.0 Å². The van der Waals surface area contributed by atoms with E-state index >= 15 is 0 Å². The molecule has 228 valence electrons. The molecule has 6 heterocycles. The molecule has 1 unspecified atom stereocenters. The molecule has 0 bridgehead atoms. The molecule has 9 nitrogen and oxygen atoms in total. The first-order valence-electron chi connectivity index (χ1n) is 14.3. The van der Waals surface area contributed by atoms with Gasteiger partial charge in [-0.05, 0) is 70.0 Å². The van der Waals surface area contributed by atoms with E-state index in [2.05, 4.69) is 43.8 Å². The van der Waals surface area contributed by atoms with Gasteiger partial charge in [-0.25, -0.2) is 15.0 Å². The number of ether oxygens (including phenoxy) is 1. The fourth-order valence-corrected chi connectivity index (χ4v) is 6.68. The van der Waals surface area contributed by atoms with Gasteiger partial charge in [0.2, 0.25) is 0 Å². The summed E-state index contributed by atoms with van der Waals surface area (Å²) < 4.78 is 48.2. The van der Waals surface area contributed by atoms with Crippen LogP contribution in [0.1, 0.15) is 61.1 Å². The Morgan fingerprint density at radius 3 is 2.48 bits per heavy atom. The van der Waals surface area contributed by atoms with Crippen LogP contribution in [0.5, 0.6) is 0 Å². The number of imidazole rings is 1. The van der Waals surface area contributed by atoms with Crippen LogP contribution in [-0.4, -0.2) is 47.8 Å². The molecule has 1 saturated heterocycles. The van der Waals surface area contributed by atoms with Gasteiger partial charge in [-0.2, -0.15) is 18.3 Å². The van der Waals surface area contributed by atoms with E-state index in [-0.39, 0.29) is 6.10 Å². The molecule has 0 saturated carbocycles. The van der Waals surface area contributed by atoms with Gasteiger partial charge in [0.15, 0.2) is 0 Å². The lowest BCUT2D eigenvalue weighted by atomic mass is 9.81. The van der Waals surface area contributed by atoms with Crippen molar-refractivity contribution in [2.75, 3.05) is 18.0 Å². The molecule has 0 aliphatic carbocycles. The largest absolute Gasteiger partial charge is 0.416 e. The molecule has 5 aromatic rings. The summed E-state index contributed by atoms with van der Waals surface area (Å²) in [6.45, 7) is 7.51. The van der Waals surface area contributed by atoms with E-state index in [1.54, 1.807) is 17.2 Å². The van der Waals surface area contributed by atoms with Crippen molar-refractivity contribution in [3.05, 3.63) is 82.3 Å². The van der Waals surface area contributed by atoms with E-state index < -0.39 is 22.8 Å². The standard InChI is InChI=1S/C31H30ClF3N8O/c1-17-21(32)14-20-25(39-17)30(44-26(20)29(2,3)28-37-16-38-42(28)4)9-11-43(12-10-30)24-8-5-18(15-36-24)27-40-22-7-6-19(31(33,34)35)13-23(22)41-27/h5-8,13-16,26H,9-12H2,1-4H3,(H,40,41). The predicted molar refractivity (Wildman–Crippen MR) is 159 cm³/mol. The van der Waals surface area contributed by atoms with Gasteiger partial charge in [0.25, 0.3) is 0 Å². The third-order valence-electron chi connectivity index (χ3n) is 8.91. The van der Waals surface area contributed by atoms with Crippen molar-refractivity contribution in [1.29, 1.82) is 0 Å². The lowest BCUT2D eigenvalue weighted by Crippen LogP contribution is -2.44. The Bertz CT molecular complexity index is 1870. The number of halogens is 4. The highest BCUT2D eigenvalue weighted by Crippen LogP contribution is 2.55. The van der Waals surface area contributed by atoms with Gasteiger partial charge >= 0.3 is 6.18 Å². The molecule has 44 heavy (non-hydrogen) atoms. The van der Waals surface area contributed by atoms with Crippen LogP contribution in [0.15, 0.2) is 48.9 Å². The zero-order valence-corrected chi connectivity index (χ0v) is 25.3. The number of aromatic nitrogens is 7. The number of nitrogens with one attached hydrogen (secondary N) is 1. The molecule has 1 atom stereocenters. The summed E-state index contributed by atoms with van der Waals surface area (Å²) in [5.74, 6) is 2.08. The number of anilines is 1. The highest BCUT2D eigenvalue weighted by molar-refractivity contribution is 6.31. The molecule has 1 spiro atoms. The smallest absolute Gasteiger partial charge is 0.359 e. The third kappa shape index (κ3) is 4.62. The summed E-state index contributed by atoms with van der Waals surface area (Å²) in [7, 11) is 1.88. The van der Waals surface area contributed by atoms with Crippen molar-refractivity contribution < 1.29 is 17.9 Å². The normalized spacial score (nSPS) is 18.4. The van der Waals surface area contributed by atoms with Crippen molar-refractivity contribution >= 4 is 28.5 Å². The van der Waals surface area contributed by atoms with Crippen LogP contribution in [0.25, 0.3) is 22.4 Å². The van der Waals surface area contributed by atoms with Crippen molar-refractivity contribution in [2.24, 2.45) is 7.05 Å². The van der Waals surface area contributed by atoms with Gasteiger partial charge in [0.1, 0.15) is 29.4 Å². The van der Waals surface area contributed by atoms with Gasteiger partial charge in [-0.15, -0.1) is 0 Å². The summed E-state index contributed by atoms with van der Waals surface area (Å²) in [6.07, 6.45) is -0.0854. The van der Waals surface area contributed by atoms with Crippen LogP contribution in [0.2, 0.25) is 5.02 Å². The second kappa shape index (κ2) is 10.00. The first kappa shape index (κ1) is 28.7. The molecule has 1 fully saturated rings. The molecule has 7 rings (SSSR count). The van der Waals surface area contributed by atoms with E-state index in [0.717, 1.165) is 40.7 Å². The summed E-state index contributed by atoms with van der Waals surface area (Å²) in [4.78, 5) is 23.9. The summed E-state index contributed by atoms with van der Waals surface area (Å²) in [5.41, 5.74) is 2.36. The lowest BCUT2D eigenvalue weighted by molar-refractivity contribution is -0.137. The Balaban J connectivity index is 1.12. The van der Waals surface area contributed by atoms with E-state index in [4.69, 9.17) is 21.3 Å². The molecular weight excluding hydrogens is 593 g/mol. The van der Waals surface area contributed by atoms with Crippen LogP contribution in [0.3, 0.4) is 0 Å². The Morgan fingerprint density at radius 2 is 1.82 bits per heavy atom. The Morgan fingerprint density at radius 1 is 1.05 bits per heavy atom. The van der Waals surface area contributed by atoms with E-state index in [9.17, 15) is 13.2 Å². The monoisotopic (exact) mass is 622 g/mol. The maximum atomic E-state index is 13.1. The van der Waals surface area contributed by atoms with Crippen LogP contribution in [-0.2, 0) is 29.0 Å². The van der Waals surface area contributed by atoms with Crippen LogP contribution in [0, 0.1) is 6.92 Å². The maximum Gasteiger partial charge on any atom is 0.416 e. The number of hydrogen-bond donors (Lipinski definition) is 1. The Labute approximate surface area is 256 Å². The maximum absolute atomic E-state index is 13.1. The summed E-state index contributed by atoms with van der Waals surface area (Å²) in [6, 6.07) is 9.26. The lowest BCUT2D eigenvalue weighted by Gasteiger charge is -2.41. The zero-order valence-electron chi connectivity index (χ0n) is 24.6. The molecular formula is C31H30ClF3N8O. The first-order chi connectivity index (χ1) is 20.9. The number of H-pyrrole nitrogens is 1. The quantitative estimate of drug-likeness (QED) is 0.239. The molecule has 13 heteroatoms. The fourth-order valence-electron chi connectivity index (χ4n) is 6.53. The number of piperidine rings is 1.